The summed E-state index contributed by atoms with van der Waals surface area (Å²) in [6.07, 6.45) is 1.81. The van der Waals surface area contributed by atoms with Gasteiger partial charge in [-0.1, -0.05) is 0 Å². The van der Waals surface area contributed by atoms with Crippen molar-refractivity contribution >= 4 is 25.8 Å². The van der Waals surface area contributed by atoms with Crippen molar-refractivity contribution < 1.29 is 26.4 Å². The number of hydrogen-bond donors (Lipinski definition) is 0. The second-order valence-electron chi connectivity index (χ2n) is 7.00. The number of sulfone groups is 1. The molecule has 3 aliphatic heterocycles. The van der Waals surface area contributed by atoms with Crippen LogP contribution in [0.15, 0.2) is 18.2 Å². The summed E-state index contributed by atoms with van der Waals surface area (Å²) in [5.74, 6) is 0.0560. The van der Waals surface area contributed by atoms with Gasteiger partial charge >= 0.3 is 0 Å². The van der Waals surface area contributed by atoms with Crippen molar-refractivity contribution in [1.82, 2.24) is 9.21 Å². The zero-order chi connectivity index (χ0) is 18.7. The molecular formula is C16H20N2O6S2. The largest absolute Gasteiger partial charge is 0.493 e. The molecule has 3 aliphatic rings. The third kappa shape index (κ3) is 2.99. The third-order valence-electron chi connectivity index (χ3n) is 5.25. The predicted octanol–water partition coefficient (Wildman–Crippen LogP) is -0.495. The lowest BCUT2D eigenvalue weighted by Crippen LogP contribution is -2.61. The second-order valence-corrected chi connectivity index (χ2v) is 11.1. The van der Waals surface area contributed by atoms with Crippen LogP contribution in [0.5, 0.6) is 5.75 Å². The van der Waals surface area contributed by atoms with Gasteiger partial charge in [0.05, 0.1) is 36.5 Å². The Morgan fingerprint density at radius 2 is 1.92 bits per heavy atom. The molecule has 8 nitrogen and oxygen atoms in total. The van der Waals surface area contributed by atoms with Gasteiger partial charge in [-0.25, -0.2) is 16.8 Å². The number of benzene rings is 1. The number of carbonyl (C=O) groups excluding carboxylic acids is 1. The highest BCUT2D eigenvalue weighted by Crippen LogP contribution is 2.31. The van der Waals surface area contributed by atoms with Crippen LogP contribution in [0.2, 0.25) is 0 Å². The van der Waals surface area contributed by atoms with E-state index in [9.17, 15) is 21.6 Å². The Hall–Kier alpha value is -1.65. The van der Waals surface area contributed by atoms with E-state index < -0.39 is 31.9 Å². The molecule has 1 aromatic carbocycles. The second kappa shape index (κ2) is 5.93. The Kier molecular flexibility index (Phi) is 4.05. The first-order valence-electron chi connectivity index (χ1n) is 8.40. The summed E-state index contributed by atoms with van der Waals surface area (Å²) in [4.78, 5) is 14.6. The quantitative estimate of drug-likeness (QED) is 0.664. The van der Waals surface area contributed by atoms with Gasteiger partial charge in [0, 0.05) is 25.1 Å². The Bertz CT molecular complexity index is 972. The number of amides is 1. The molecule has 3 heterocycles. The van der Waals surface area contributed by atoms with Crippen LogP contribution in [-0.4, -0.2) is 81.5 Å². The van der Waals surface area contributed by atoms with E-state index >= 15 is 0 Å². The number of hydrogen-bond acceptors (Lipinski definition) is 6. The molecule has 0 aromatic heterocycles. The smallest absolute Gasteiger partial charge is 0.254 e. The van der Waals surface area contributed by atoms with Crippen LogP contribution >= 0.6 is 0 Å². The molecule has 1 amide bonds. The third-order valence-corrected chi connectivity index (χ3v) is 8.25. The van der Waals surface area contributed by atoms with Crippen LogP contribution in [0.4, 0.5) is 0 Å². The first kappa shape index (κ1) is 17.7. The Morgan fingerprint density at radius 1 is 1.19 bits per heavy atom. The van der Waals surface area contributed by atoms with E-state index in [1.807, 2.05) is 0 Å². The lowest BCUT2D eigenvalue weighted by Gasteiger charge is -2.42. The normalized spacial score (nSPS) is 27.7. The molecule has 2 fully saturated rings. The minimum absolute atomic E-state index is 0.106. The van der Waals surface area contributed by atoms with E-state index in [1.165, 1.54) is 9.21 Å². The Balaban J connectivity index is 1.66. The fourth-order valence-electron chi connectivity index (χ4n) is 4.07. The molecule has 0 radical (unpaired) electrons. The highest BCUT2D eigenvalue weighted by Gasteiger charge is 2.50. The van der Waals surface area contributed by atoms with Gasteiger partial charge in [0.2, 0.25) is 10.0 Å². The molecule has 0 unspecified atom stereocenters. The number of carbonyl (C=O) groups is 1. The monoisotopic (exact) mass is 400 g/mol. The van der Waals surface area contributed by atoms with Gasteiger partial charge in [-0.05, 0) is 23.8 Å². The molecule has 10 heteroatoms. The molecule has 0 spiro atoms. The van der Waals surface area contributed by atoms with Gasteiger partial charge < -0.3 is 9.64 Å². The number of nitrogens with zero attached hydrogens (tertiary/aromatic N) is 2. The summed E-state index contributed by atoms with van der Waals surface area (Å²) >= 11 is 0. The summed E-state index contributed by atoms with van der Waals surface area (Å²) in [5.41, 5.74) is 1.44. The molecule has 2 saturated heterocycles. The average Bonchev–Trinajstić information content (AvgIpc) is 3.13. The molecule has 0 aliphatic carbocycles. The number of fused-ring (bicyclic) bond motifs is 2. The first-order valence-corrected chi connectivity index (χ1v) is 12.1. The molecular weight excluding hydrogens is 380 g/mol. The van der Waals surface area contributed by atoms with Crippen LogP contribution in [0, 0.1) is 0 Å². The topological polar surface area (TPSA) is 101 Å². The highest BCUT2D eigenvalue weighted by molar-refractivity contribution is 7.92. The maximum atomic E-state index is 13.0. The summed E-state index contributed by atoms with van der Waals surface area (Å²) in [6, 6.07) is 3.84. The SMILES string of the molecule is CS(=O)(=O)N1CCN(C(=O)c2ccc3c(c2)CCO3)[C@H]2CS(=O)(=O)C[C@H]21. The van der Waals surface area contributed by atoms with Gasteiger partial charge in [-0.3, -0.25) is 4.79 Å². The molecule has 2 atom stereocenters. The number of ether oxygens (including phenoxy) is 1. The highest BCUT2D eigenvalue weighted by atomic mass is 32.2. The van der Waals surface area contributed by atoms with Crippen LogP contribution in [0.25, 0.3) is 0 Å². The van der Waals surface area contributed by atoms with E-state index in [1.54, 1.807) is 18.2 Å². The molecule has 26 heavy (non-hydrogen) atoms. The van der Waals surface area contributed by atoms with E-state index in [0.717, 1.165) is 24.0 Å². The molecule has 0 bridgehead atoms. The van der Waals surface area contributed by atoms with Crippen LogP contribution < -0.4 is 4.74 Å². The number of rotatable bonds is 2. The maximum absolute atomic E-state index is 13.0. The number of piperazine rings is 1. The van der Waals surface area contributed by atoms with Gasteiger partial charge in [0.1, 0.15) is 5.75 Å². The molecule has 0 saturated carbocycles. The molecule has 0 N–H and O–H groups in total. The summed E-state index contributed by atoms with van der Waals surface area (Å²) in [5, 5.41) is 0. The minimum Gasteiger partial charge on any atom is -0.493 e. The van der Waals surface area contributed by atoms with E-state index in [0.29, 0.717) is 12.2 Å². The van der Waals surface area contributed by atoms with E-state index in [-0.39, 0.29) is 30.5 Å². The van der Waals surface area contributed by atoms with Crippen molar-refractivity contribution in [1.29, 1.82) is 0 Å². The van der Waals surface area contributed by atoms with Crippen molar-refractivity contribution in [2.24, 2.45) is 0 Å². The van der Waals surface area contributed by atoms with Crippen molar-refractivity contribution in [3.8, 4) is 5.75 Å². The predicted molar refractivity (Wildman–Crippen MR) is 94.5 cm³/mol. The first-order chi connectivity index (χ1) is 12.2. The van der Waals surface area contributed by atoms with Crippen LogP contribution in [0.1, 0.15) is 15.9 Å². The van der Waals surface area contributed by atoms with Crippen molar-refractivity contribution in [3.05, 3.63) is 29.3 Å². The van der Waals surface area contributed by atoms with Crippen molar-refractivity contribution in [3.63, 3.8) is 0 Å². The average molecular weight is 400 g/mol. The van der Waals surface area contributed by atoms with Crippen molar-refractivity contribution in [2.45, 2.75) is 18.5 Å². The fraction of sp³-hybridized carbons (Fsp3) is 0.562. The summed E-state index contributed by atoms with van der Waals surface area (Å²) in [6.45, 7) is 0.869. The lowest BCUT2D eigenvalue weighted by atomic mass is 10.0. The Labute approximate surface area is 152 Å². The summed E-state index contributed by atoms with van der Waals surface area (Å²) in [7, 11) is -6.94. The van der Waals surface area contributed by atoms with E-state index in [2.05, 4.69) is 0 Å². The fourth-order valence-corrected chi connectivity index (χ4v) is 7.27. The lowest BCUT2D eigenvalue weighted by molar-refractivity contribution is 0.0516. The molecule has 1 aromatic rings. The molecule has 4 rings (SSSR count). The van der Waals surface area contributed by atoms with Gasteiger partial charge in [-0.15, -0.1) is 0 Å². The maximum Gasteiger partial charge on any atom is 0.254 e. The van der Waals surface area contributed by atoms with Crippen molar-refractivity contribution in [2.75, 3.05) is 37.5 Å². The van der Waals surface area contributed by atoms with Crippen LogP contribution in [0.3, 0.4) is 0 Å². The number of sulfonamides is 1. The van der Waals surface area contributed by atoms with E-state index in [4.69, 9.17) is 4.74 Å². The minimum atomic E-state index is -3.54. The Morgan fingerprint density at radius 3 is 2.65 bits per heavy atom. The zero-order valence-corrected chi connectivity index (χ0v) is 15.9. The molecule has 142 valence electrons. The van der Waals surface area contributed by atoms with Gasteiger partial charge in [0.25, 0.3) is 5.91 Å². The standard InChI is InChI=1S/C16H20N2O6S2/c1-25(20,21)18-6-5-17(13-9-26(22,23)10-14(13)18)16(19)12-2-3-15-11(8-12)4-7-24-15/h2-3,8,13-14H,4-7,9-10H2,1H3/t13-,14+/m0/s1. The van der Waals surface area contributed by atoms with Crippen LogP contribution in [-0.2, 0) is 26.3 Å². The van der Waals surface area contributed by atoms with Gasteiger partial charge in [-0.2, -0.15) is 4.31 Å². The zero-order valence-electron chi connectivity index (χ0n) is 14.3. The summed E-state index contributed by atoms with van der Waals surface area (Å²) < 4.78 is 55.0. The van der Waals surface area contributed by atoms with Gasteiger partial charge in [0.15, 0.2) is 9.84 Å².